The van der Waals surface area contributed by atoms with Crippen LogP contribution < -0.4 is 0 Å². The van der Waals surface area contributed by atoms with E-state index in [1.54, 1.807) is 4.88 Å². The zero-order chi connectivity index (χ0) is 7.84. The zero-order valence-corrected chi connectivity index (χ0v) is 7.87. The van der Waals surface area contributed by atoms with Gasteiger partial charge in [-0.2, -0.15) is 0 Å². The van der Waals surface area contributed by atoms with Crippen molar-refractivity contribution in [3.63, 3.8) is 0 Å². The van der Waals surface area contributed by atoms with Crippen LogP contribution in [0.4, 0.5) is 0 Å². The van der Waals surface area contributed by atoms with Gasteiger partial charge in [0.1, 0.15) is 0 Å². The molecule has 1 aliphatic rings. The third kappa shape index (κ3) is 1.20. The summed E-state index contributed by atoms with van der Waals surface area (Å²) in [5.41, 5.74) is 1.39. The Bertz CT molecular complexity index is 241. The van der Waals surface area contributed by atoms with Crippen LogP contribution >= 0.6 is 11.3 Å². The second-order valence-corrected chi connectivity index (χ2v) is 4.55. The Labute approximate surface area is 71.5 Å². The summed E-state index contributed by atoms with van der Waals surface area (Å²) in [6.07, 6.45) is 3.82. The molecule has 0 aromatic carbocycles. The third-order valence-corrected chi connectivity index (χ3v) is 3.56. The van der Waals surface area contributed by atoms with E-state index in [2.05, 4.69) is 18.8 Å². The lowest BCUT2D eigenvalue weighted by Gasteiger charge is -1.96. The molecule has 0 amide bonds. The lowest BCUT2D eigenvalue weighted by atomic mass is 10.2. The second-order valence-electron chi connectivity index (χ2n) is 3.43. The smallest absolute Gasteiger partial charge is 0.0956 e. The molecule has 1 aliphatic carbocycles. The molecular formula is C9H13NS. The first-order valence-corrected chi connectivity index (χ1v) is 5.07. The fourth-order valence-electron chi connectivity index (χ4n) is 1.46. The SMILES string of the molecule is CC(C)c1nc2c(s1)CCC2. The van der Waals surface area contributed by atoms with Crippen LogP contribution in [0, 0.1) is 0 Å². The topological polar surface area (TPSA) is 12.9 Å². The highest BCUT2D eigenvalue weighted by molar-refractivity contribution is 7.11. The molecule has 1 aromatic heterocycles. The number of hydrogen-bond acceptors (Lipinski definition) is 2. The lowest BCUT2D eigenvalue weighted by molar-refractivity contribution is 0.829. The van der Waals surface area contributed by atoms with Gasteiger partial charge in [-0.25, -0.2) is 4.98 Å². The van der Waals surface area contributed by atoms with Gasteiger partial charge >= 0.3 is 0 Å². The van der Waals surface area contributed by atoms with E-state index < -0.39 is 0 Å². The predicted octanol–water partition coefficient (Wildman–Crippen LogP) is 2.76. The van der Waals surface area contributed by atoms with Gasteiger partial charge in [0.15, 0.2) is 0 Å². The lowest BCUT2D eigenvalue weighted by Crippen LogP contribution is -1.86. The standard InChI is InChI=1S/C9H13NS/c1-6(2)9-10-7-4-3-5-8(7)11-9/h6H,3-5H2,1-2H3. The van der Waals surface area contributed by atoms with Crippen LogP contribution in [0.5, 0.6) is 0 Å². The molecule has 0 N–H and O–H groups in total. The number of thiazole rings is 1. The summed E-state index contributed by atoms with van der Waals surface area (Å²) in [5, 5.41) is 1.33. The molecule has 2 heteroatoms. The maximum Gasteiger partial charge on any atom is 0.0956 e. The van der Waals surface area contributed by atoms with E-state index in [1.807, 2.05) is 11.3 Å². The molecule has 1 heterocycles. The fourth-order valence-corrected chi connectivity index (χ4v) is 2.61. The van der Waals surface area contributed by atoms with E-state index in [4.69, 9.17) is 0 Å². The minimum absolute atomic E-state index is 0.616. The van der Waals surface area contributed by atoms with Crippen LogP contribution in [0.15, 0.2) is 0 Å². The van der Waals surface area contributed by atoms with Crippen molar-refractivity contribution in [2.45, 2.75) is 39.0 Å². The van der Waals surface area contributed by atoms with Crippen LogP contribution in [-0.4, -0.2) is 4.98 Å². The van der Waals surface area contributed by atoms with Gasteiger partial charge < -0.3 is 0 Å². The van der Waals surface area contributed by atoms with Crippen LogP contribution in [0.3, 0.4) is 0 Å². The van der Waals surface area contributed by atoms with Crippen molar-refractivity contribution in [3.8, 4) is 0 Å². The molecule has 0 fully saturated rings. The molecule has 11 heavy (non-hydrogen) atoms. The van der Waals surface area contributed by atoms with Gasteiger partial charge in [-0.15, -0.1) is 11.3 Å². The van der Waals surface area contributed by atoms with Gasteiger partial charge in [-0.1, -0.05) is 13.8 Å². The number of rotatable bonds is 1. The van der Waals surface area contributed by atoms with Gasteiger partial charge in [0, 0.05) is 10.8 Å². The van der Waals surface area contributed by atoms with Crippen molar-refractivity contribution >= 4 is 11.3 Å². The number of aromatic nitrogens is 1. The van der Waals surface area contributed by atoms with Gasteiger partial charge in [0.2, 0.25) is 0 Å². The summed E-state index contributed by atoms with van der Waals surface area (Å²) in [6.45, 7) is 4.43. The molecule has 1 nitrogen and oxygen atoms in total. The molecule has 0 bridgehead atoms. The van der Waals surface area contributed by atoms with E-state index in [0.29, 0.717) is 5.92 Å². The molecule has 0 radical (unpaired) electrons. The Morgan fingerprint density at radius 2 is 2.18 bits per heavy atom. The Morgan fingerprint density at radius 3 is 2.82 bits per heavy atom. The monoisotopic (exact) mass is 167 g/mol. The first-order chi connectivity index (χ1) is 5.27. The summed E-state index contributed by atoms with van der Waals surface area (Å²) in [6, 6.07) is 0. The Balaban J connectivity index is 2.34. The van der Waals surface area contributed by atoms with Crippen LogP contribution in [0.2, 0.25) is 0 Å². The predicted molar refractivity (Wildman–Crippen MR) is 48.2 cm³/mol. The summed E-state index contributed by atoms with van der Waals surface area (Å²) >= 11 is 1.92. The Hall–Kier alpha value is -0.370. The van der Waals surface area contributed by atoms with Crippen molar-refractivity contribution < 1.29 is 0 Å². The number of aryl methyl sites for hydroxylation is 2. The first kappa shape index (κ1) is 7.29. The largest absolute Gasteiger partial charge is 0.246 e. The average Bonchev–Trinajstić information content (AvgIpc) is 2.40. The maximum atomic E-state index is 4.61. The minimum atomic E-state index is 0.616. The van der Waals surface area contributed by atoms with Gasteiger partial charge in [-0.05, 0) is 19.3 Å². The highest BCUT2D eigenvalue weighted by Gasteiger charge is 2.17. The van der Waals surface area contributed by atoms with Gasteiger partial charge in [0.25, 0.3) is 0 Å². The van der Waals surface area contributed by atoms with Crippen LogP contribution in [-0.2, 0) is 12.8 Å². The molecule has 60 valence electrons. The van der Waals surface area contributed by atoms with Crippen molar-refractivity contribution in [3.05, 3.63) is 15.6 Å². The van der Waals surface area contributed by atoms with E-state index >= 15 is 0 Å². The summed E-state index contributed by atoms with van der Waals surface area (Å²) < 4.78 is 0. The third-order valence-electron chi connectivity index (χ3n) is 2.11. The normalized spacial score (nSPS) is 15.9. The maximum absolute atomic E-state index is 4.61. The van der Waals surface area contributed by atoms with Crippen LogP contribution in [0.1, 0.15) is 41.8 Å². The molecule has 2 rings (SSSR count). The Morgan fingerprint density at radius 1 is 1.36 bits per heavy atom. The van der Waals surface area contributed by atoms with Crippen molar-refractivity contribution in [2.24, 2.45) is 0 Å². The molecule has 0 aliphatic heterocycles. The summed E-state index contributed by atoms with van der Waals surface area (Å²) in [5.74, 6) is 0.616. The molecule has 0 saturated heterocycles. The molecule has 0 saturated carbocycles. The highest BCUT2D eigenvalue weighted by Crippen LogP contribution is 2.30. The second kappa shape index (κ2) is 2.59. The molecular weight excluding hydrogens is 154 g/mol. The Kier molecular flexibility index (Phi) is 1.72. The van der Waals surface area contributed by atoms with E-state index in [-0.39, 0.29) is 0 Å². The van der Waals surface area contributed by atoms with Gasteiger partial charge in [0.05, 0.1) is 10.7 Å². The molecule has 0 spiro atoms. The quantitative estimate of drug-likeness (QED) is 0.626. The van der Waals surface area contributed by atoms with E-state index in [1.165, 1.54) is 30.0 Å². The molecule has 0 atom stereocenters. The van der Waals surface area contributed by atoms with Crippen molar-refractivity contribution in [1.29, 1.82) is 0 Å². The fraction of sp³-hybridized carbons (Fsp3) is 0.667. The molecule has 1 aromatic rings. The van der Waals surface area contributed by atoms with Crippen molar-refractivity contribution in [1.82, 2.24) is 4.98 Å². The number of fused-ring (bicyclic) bond motifs is 1. The van der Waals surface area contributed by atoms with Gasteiger partial charge in [-0.3, -0.25) is 0 Å². The van der Waals surface area contributed by atoms with Crippen molar-refractivity contribution in [2.75, 3.05) is 0 Å². The zero-order valence-electron chi connectivity index (χ0n) is 7.05. The average molecular weight is 167 g/mol. The summed E-state index contributed by atoms with van der Waals surface area (Å²) in [4.78, 5) is 6.16. The van der Waals surface area contributed by atoms with E-state index in [0.717, 1.165) is 0 Å². The number of nitrogens with zero attached hydrogens (tertiary/aromatic N) is 1. The molecule has 0 unspecified atom stereocenters. The van der Waals surface area contributed by atoms with E-state index in [9.17, 15) is 0 Å². The first-order valence-electron chi connectivity index (χ1n) is 4.26. The number of hydrogen-bond donors (Lipinski definition) is 0. The minimum Gasteiger partial charge on any atom is -0.246 e. The highest BCUT2D eigenvalue weighted by atomic mass is 32.1. The van der Waals surface area contributed by atoms with Crippen LogP contribution in [0.25, 0.3) is 0 Å². The summed E-state index contributed by atoms with van der Waals surface area (Å²) in [7, 11) is 0.